The van der Waals surface area contributed by atoms with E-state index in [1.807, 2.05) is 0 Å². The van der Waals surface area contributed by atoms with E-state index in [9.17, 15) is 9.13 Å². The van der Waals surface area contributed by atoms with Gasteiger partial charge in [0.15, 0.2) is 6.29 Å². The molecule has 0 bridgehead atoms. The van der Waals surface area contributed by atoms with Crippen LogP contribution >= 0.6 is 15.6 Å². The van der Waals surface area contributed by atoms with Crippen molar-refractivity contribution in [2.24, 2.45) is 0 Å². The summed E-state index contributed by atoms with van der Waals surface area (Å²) in [6, 6.07) is 0. The summed E-state index contributed by atoms with van der Waals surface area (Å²) in [5.74, 6) is 0. The zero-order chi connectivity index (χ0) is 8.70. The minimum atomic E-state index is -4.79. The first-order valence-corrected chi connectivity index (χ1v) is 5.54. The van der Waals surface area contributed by atoms with E-state index in [4.69, 9.17) is 9.79 Å². The summed E-state index contributed by atoms with van der Waals surface area (Å²) >= 11 is 0. The van der Waals surface area contributed by atoms with Gasteiger partial charge in [-0.25, -0.2) is 9.13 Å². The number of hydrogen-bond donors (Lipinski definition) is 2. The molecule has 1 saturated heterocycles. The van der Waals surface area contributed by atoms with Crippen molar-refractivity contribution in [3.05, 3.63) is 0 Å². The van der Waals surface area contributed by atoms with Crippen molar-refractivity contribution < 1.29 is 32.3 Å². The van der Waals surface area contributed by atoms with E-state index in [1.165, 1.54) is 6.92 Å². The first-order valence-electron chi connectivity index (χ1n) is 2.54. The highest BCUT2D eigenvalue weighted by molar-refractivity contribution is 7.61. The van der Waals surface area contributed by atoms with E-state index in [1.54, 1.807) is 0 Å². The quantitative estimate of drug-likeness (QED) is 0.634. The maximum atomic E-state index is 10.7. The second-order valence-corrected chi connectivity index (χ2v) is 4.75. The van der Waals surface area contributed by atoms with Gasteiger partial charge in [0.05, 0.1) is 0 Å². The fraction of sp³-hybridized carbons (Fsp3) is 1.00. The number of phosphoric ester groups is 1. The average molecular weight is 204 g/mol. The molecule has 0 aliphatic carbocycles. The van der Waals surface area contributed by atoms with Gasteiger partial charge >= 0.3 is 15.6 Å². The second-order valence-electron chi connectivity index (χ2n) is 1.80. The Hall–Kier alpha value is 0.260. The largest absolute Gasteiger partial charge is 0.488 e. The molecule has 2 N–H and O–H groups in total. The summed E-state index contributed by atoms with van der Waals surface area (Å²) in [5.41, 5.74) is 0. The van der Waals surface area contributed by atoms with Gasteiger partial charge in [-0.1, -0.05) is 0 Å². The van der Waals surface area contributed by atoms with Crippen LogP contribution in [0.25, 0.3) is 0 Å². The fourth-order valence-electron chi connectivity index (χ4n) is 0.540. The van der Waals surface area contributed by atoms with Gasteiger partial charge in [0.1, 0.15) is 0 Å². The topological polar surface area (TPSA) is 102 Å². The Labute approximate surface area is 62.1 Å². The number of hydrogen-bond acceptors (Lipinski definition) is 5. The van der Waals surface area contributed by atoms with Crippen molar-refractivity contribution in [3.63, 3.8) is 0 Å². The lowest BCUT2D eigenvalue weighted by Gasteiger charge is -2.30. The predicted molar refractivity (Wildman–Crippen MR) is 32.4 cm³/mol. The zero-order valence-corrected chi connectivity index (χ0v) is 7.20. The molecule has 0 aromatic rings. The molecule has 0 saturated carbocycles. The van der Waals surface area contributed by atoms with E-state index < -0.39 is 21.9 Å². The maximum Gasteiger partial charge on any atom is 0.488 e. The van der Waals surface area contributed by atoms with Gasteiger partial charge in [0, 0.05) is 0 Å². The molecule has 7 nitrogen and oxygen atoms in total. The zero-order valence-electron chi connectivity index (χ0n) is 5.41. The minimum Gasteiger partial charge on any atom is -0.302 e. The Balaban J connectivity index is 2.52. The standard InChI is InChI=1S/C2H6O7P2/c1-2-7-11(6,8-2)9-10(3,4)5/h2H,1H3,(H2,3,4,5). The maximum absolute atomic E-state index is 10.7. The number of rotatable bonds is 2. The Morgan fingerprint density at radius 2 is 2.00 bits per heavy atom. The second kappa shape index (κ2) is 2.64. The van der Waals surface area contributed by atoms with Crippen molar-refractivity contribution in [2.75, 3.05) is 0 Å². The van der Waals surface area contributed by atoms with E-state index in [-0.39, 0.29) is 0 Å². The Bertz CT molecular complexity index is 231. The number of phosphoric acid groups is 2. The third-order valence-electron chi connectivity index (χ3n) is 0.761. The van der Waals surface area contributed by atoms with Gasteiger partial charge in [0.25, 0.3) is 0 Å². The summed E-state index contributed by atoms with van der Waals surface area (Å²) in [7, 11) is -8.73. The highest BCUT2D eigenvalue weighted by Gasteiger charge is 2.47. The first-order chi connectivity index (χ1) is 4.81. The van der Waals surface area contributed by atoms with E-state index in [0.29, 0.717) is 0 Å². The van der Waals surface area contributed by atoms with E-state index in [0.717, 1.165) is 0 Å². The Morgan fingerprint density at radius 3 is 2.27 bits per heavy atom. The van der Waals surface area contributed by atoms with Gasteiger partial charge in [-0.2, -0.15) is 4.31 Å². The molecular formula is C2H6O7P2. The van der Waals surface area contributed by atoms with Crippen molar-refractivity contribution in [1.29, 1.82) is 0 Å². The molecule has 11 heavy (non-hydrogen) atoms. The highest BCUT2D eigenvalue weighted by Crippen LogP contribution is 2.67. The normalized spacial score (nSPS) is 38.3. The van der Waals surface area contributed by atoms with Crippen molar-refractivity contribution in [2.45, 2.75) is 13.2 Å². The van der Waals surface area contributed by atoms with Crippen LogP contribution in [0, 0.1) is 0 Å². The molecule has 1 aliphatic rings. The molecule has 0 amide bonds. The molecule has 9 heteroatoms. The average Bonchev–Trinajstić information content (AvgIpc) is 1.53. The van der Waals surface area contributed by atoms with Crippen molar-refractivity contribution in [3.8, 4) is 0 Å². The highest BCUT2D eigenvalue weighted by atomic mass is 31.3. The van der Waals surface area contributed by atoms with Gasteiger partial charge in [0.2, 0.25) is 0 Å². The predicted octanol–water partition coefficient (Wildman–Crippen LogP) is 0.597. The summed E-state index contributed by atoms with van der Waals surface area (Å²) in [5, 5.41) is 0. The molecule has 1 aliphatic heterocycles. The lowest BCUT2D eigenvalue weighted by molar-refractivity contribution is -0.103. The Morgan fingerprint density at radius 1 is 1.55 bits per heavy atom. The Kier molecular flexibility index (Phi) is 2.24. The molecule has 0 spiro atoms. The molecule has 0 aromatic carbocycles. The summed E-state index contributed by atoms with van der Waals surface area (Å²) in [6.07, 6.45) is -0.743. The first kappa shape index (κ1) is 9.35. The van der Waals surface area contributed by atoms with Crippen LogP contribution in [0.1, 0.15) is 6.92 Å². The monoisotopic (exact) mass is 204 g/mol. The molecule has 66 valence electrons. The van der Waals surface area contributed by atoms with E-state index >= 15 is 0 Å². The molecule has 0 aromatic heterocycles. The third kappa shape index (κ3) is 2.65. The third-order valence-corrected chi connectivity index (χ3v) is 3.52. The van der Waals surface area contributed by atoms with Crippen LogP contribution in [0.4, 0.5) is 0 Å². The summed E-state index contributed by atoms with van der Waals surface area (Å²) in [6.45, 7) is 1.42. The van der Waals surface area contributed by atoms with Crippen LogP contribution in [-0.2, 0) is 22.5 Å². The van der Waals surface area contributed by atoms with Crippen molar-refractivity contribution in [1.82, 2.24) is 0 Å². The molecule has 0 unspecified atom stereocenters. The SMILES string of the molecule is CC1OP(=O)(OP(=O)(O)O)O1. The van der Waals surface area contributed by atoms with Crippen LogP contribution in [0.5, 0.6) is 0 Å². The van der Waals surface area contributed by atoms with Crippen molar-refractivity contribution >= 4 is 15.6 Å². The van der Waals surface area contributed by atoms with Crippen LogP contribution in [-0.4, -0.2) is 16.1 Å². The van der Waals surface area contributed by atoms with Gasteiger partial charge in [-0.15, -0.1) is 0 Å². The molecular weight excluding hydrogens is 198 g/mol. The van der Waals surface area contributed by atoms with Crippen LogP contribution < -0.4 is 0 Å². The molecule has 1 heterocycles. The summed E-state index contributed by atoms with van der Waals surface area (Å²) < 4.78 is 33.2. The fourth-order valence-corrected chi connectivity index (χ4v) is 2.63. The van der Waals surface area contributed by atoms with Gasteiger partial charge in [-0.05, 0) is 6.92 Å². The smallest absolute Gasteiger partial charge is 0.302 e. The molecule has 0 atom stereocenters. The minimum absolute atomic E-state index is 0.743. The van der Waals surface area contributed by atoms with Crippen LogP contribution in [0.15, 0.2) is 0 Å². The lowest BCUT2D eigenvalue weighted by Crippen LogP contribution is -2.22. The lowest BCUT2D eigenvalue weighted by atomic mass is 10.8. The van der Waals surface area contributed by atoms with Crippen LogP contribution in [0.2, 0.25) is 0 Å². The van der Waals surface area contributed by atoms with E-state index in [2.05, 4.69) is 13.4 Å². The van der Waals surface area contributed by atoms with Crippen LogP contribution in [0.3, 0.4) is 0 Å². The molecule has 1 rings (SSSR count). The van der Waals surface area contributed by atoms with Gasteiger partial charge < -0.3 is 9.79 Å². The molecule has 0 radical (unpaired) electrons. The van der Waals surface area contributed by atoms with Gasteiger partial charge in [-0.3, -0.25) is 9.05 Å². The molecule has 1 fully saturated rings. The summed E-state index contributed by atoms with van der Waals surface area (Å²) in [4.78, 5) is 16.3.